The number of ketones is 1. The van der Waals surface area contributed by atoms with E-state index in [9.17, 15) is 14.1 Å². The van der Waals surface area contributed by atoms with Crippen LogP contribution in [0.25, 0.3) is 0 Å². The van der Waals surface area contributed by atoms with Crippen LogP contribution in [0.2, 0.25) is 0 Å². The van der Waals surface area contributed by atoms with Crippen molar-refractivity contribution in [3.63, 3.8) is 0 Å². The van der Waals surface area contributed by atoms with Gasteiger partial charge in [-0.1, -0.05) is 63.3 Å². The Hall–Kier alpha value is -1.59. The molecule has 0 N–H and O–H groups in total. The second-order valence-corrected chi connectivity index (χ2v) is 10.6. The molecule has 1 aliphatic rings. The zero-order valence-electron chi connectivity index (χ0n) is 20.5. The van der Waals surface area contributed by atoms with Gasteiger partial charge < -0.3 is 9.29 Å². The fraction of sp³-hybridized carbons (Fsp3) is 0.643. The first-order chi connectivity index (χ1) is 16.1. The van der Waals surface area contributed by atoms with Gasteiger partial charge in [0.05, 0.1) is 6.61 Å². The number of benzene rings is 1. The molecule has 0 aliphatic heterocycles. The van der Waals surface area contributed by atoms with Gasteiger partial charge in [-0.25, -0.2) is 0 Å². The van der Waals surface area contributed by atoms with E-state index < -0.39 is 11.2 Å². The van der Waals surface area contributed by atoms with Crippen LogP contribution in [-0.4, -0.2) is 28.2 Å². The van der Waals surface area contributed by atoms with Gasteiger partial charge >= 0.3 is 5.97 Å². The fourth-order valence-corrected chi connectivity index (χ4v) is 6.39. The summed E-state index contributed by atoms with van der Waals surface area (Å²) in [5, 5.41) is -0.116. The maximum absolute atomic E-state index is 13.5. The Morgan fingerprint density at radius 1 is 1.12 bits per heavy atom. The van der Waals surface area contributed by atoms with Crippen molar-refractivity contribution in [1.82, 2.24) is 0 Å². The number of unbranched alkanes of at least 4 members (excludes halogenated alkanes) is 6. The summed E-state index contributed by atoms with van der Waals surface area (Å²) in [6.45, 7) is 4.45. The lowest BCUT2D eigenvalue weighted by Gasteiger charge is -2.27. The van der Waals surface area contributed by atoms with Gasteiger partial charge in [-0.3, -0.25) is 9.59 Å². The van der Waals surface area contributed by atoms with E-state index in [1.165, 1.54) is 12.8 Å². The lowest BCUT2D eigenvalue weighted by molar-refractivity contribution is -0.143. The number of carbonyl (C=O) groups excluding carboxylic acids is 2. The zero-order chi connectivity index (χ0) is 23.9. The van der Waals surface area contributed by atoms with E-state index in [2.05, 4.69) is 19.1 Å². The predicted molar refractivity (Wildman–Crippen MR) is 135 cm³/mol. The molecule has 0 spiro atoms. The molecular weight excluding hydrogens is 432 g/mol. The summed E-state index contributed by atoms with van der Waals surface area (Å²) in [6.07, 6.45) is 15.4. The molecule has 0 saturated heterocycles. The van der Waals surface area contributed by atoms with E-state index in [1.807, 2.05) is 37.3 Å². The molecule has 5 heteroatoms. The molecule has 0 bridgehead atoms. The summed E-state index contributed by atoms with van der Waals surface area (Å²) in [4.78, 5) is 25.1. The molecule has 2 rings (SSSR count). The number of ether oxygens (including phenoxy) is 1. The Balaban J connectivity index is 1.96. The van der Waals surface area contributed by atoms with Crippen molar-refractivity contribution in [2.75, 3.05) is 6.61 Å². The summed E-state index contributed by atoms with van der Waals surface area (Å²) in [6, 6.07) is 9.68. The average molecular weight is 475 g/mol. The van der Waals surface area contributed by atoms with Gasteiger partial charge in [0.2, 0.25) is 0 Å². The third kappa shape index (κ3) is 9.66. The van der Waals surface area contributed by atoms with Gasteiger partial charge in [-0.15, -0.1) is 0 Å². The number of rotatable bonds is 16. The molecule has 1 saturated carbocycles. The topological polar surface area (TPSA) is 66.4 Å². The van der Waals surface area contributed by atoms with Crippen molar-refractivity contribution in [3.05, 3.63) is 42.5 Å². The Labute approximate surface area is 203 Å². The van der Waals surface area contributed by atoms with E-state index in [-0.39, 0.29) is 23.1 Å². The molecule has 0 radical (unpaired) electrons. The lowest BCUT2D eigenvalue weighted by atomic mass is 9.87. The minimum Gasteiger partial charge on any atom is -0.611 e. The first kappa shape index (κ1) is 27.7. The molecule has 184 valence electrons. The van der Waals surface area contributed by atoms with E-state index in [1.54, 1.807) is 0 Å². The molecule has 4 atom stereocenters. The molecule has 0 heterocycles. The predicted octanol–water partition coefficient (Wildman–Crippen LogP) is 6.80. The third-order valence-electron chi connectivity index (χ3n) is 6.55. The number of hydrogen-bond donors (Lipinski definition) is 0. The van der Waals surface area contributed by atoms with E-state index in [4.69, 9.17) is 4.74 Å². The van der Waals surface area contributed by atoms with Crippen LogP contribution in [-0.2, 0) is 25.5 Å². The van der Waals surface area contributed by atoms with Crippen LogP contribution in [0.15, 0.2) is 47.4 Å². The Morgan fingerprint density at radius 3 is 2.61 bits per heavy atom. The molecule has 1 aromatic carbocycles. The second kappa shape index (κ2) is 16.1. The first-order valence-electron chi connectivity index (χ1n) is 12.9. The molecule has 0 amide bonds. The lowest BCUT2D eigenvalue weighted by Crippen LogP contribution is -2.32. The van der Waals surface area contributed by atoms with E-state index >= 15 is 0 Å². The van der Waals surface area contributed by atoms with Crippen LogP contribution >= 0.6 is 0 Å². The first-order valence-corrected chi connectivity index (χ1v) is 14.1. The second-order valence-electron chi connectivity index (χ2n) is 9.03. The minimum absolute atomic E-state index is 0.00647. The van der Waals surface area contributed by atoms with Crippen LogP contribution in [0.5, 0.6) is 0 Å². The van der Waals surface area contributed by atoms with Crippen LogP contribution < -0.4 is 0 Å². The van der Waals surface area contributed by atoms with Gasteiger partial charge in [0.25, 0.3) is 0 Å². The van der Waals surface area contributed by atoms with Gasteiger partial charge in [0.15, 0.2) is 4.90 Å². The number of carbonyl (C=O) groups is 2. The van der Waals surface area contributed by atoms with Crippen LogP contribution in [0.1, 0.15) is 90.9 Å². The summed E-state index contributed by atoms with van der Waals surface area (Å²) in [5.41, 5.74) is 0. The highest BCUT2D eigenvalue weighted by Crippen LogP contribution is 2.39. The normalized spacial score (nSPS) is 20.3. The largest absolute Gasteiger partial charge is 0.611 e. The number of Topliss-reactive ketones (excluding diaryl/α,β-unsaturated/α-hetero) is 1. The van der Waals surface area contributed by atoms with Gasteiger partial charge in [0, 0.05) is 24.7 Å². The molecule has 1 fully saturated rings. The maximum Gasteiger partial charge on any atom is 0.305 e. The van der Waals surface area contributed by atoms with Crippen molar-refractivity contribution >= 4 is 22.9 Å². The SMILES string of the molecule is CCCCC/C=C/C(C1CCC(=O)C1CCCCCCC(=O)OCC)[S+]([O-])c1ccccc1. The average Bonchev–Trinajstić information content (AvgIpc) is 3.18. The van der Waals surface area contributed by atoms with Crippen LogP contribution in [0.3, 0.4) is 0 Å². The number of allylic oxidation sites excluding steroid dienone is 1. The molecule has 4 unspecified atom stereocenters. The molecule has 0 aromatic heterocycles. The number of hydrogen-bond acceptors (Lipinski definition) is 4. The molecule has 33 heavy (non-hydrogen) atoms. The van der Waals surface area contributed by atoms with Gasteiger partial charge in [-0.2, -0.15) is 0 Å². The monoisotopic (exact) mass is 474 g/mol. The van der Waals surface area contributed by atoms with Crippen molar-refractivity contribution < 1.29 is 18.9 Å². The molecule has 4 nitrogen and oxygen atoms in total. The minimum atomic E-state index is -1.16. The van der Waals surface area contributed by atoms with Gasteiger partial charge in [-0.05, 0) is 68.4 Å². The highest BCUT2D eigenvalue weighted by atomic mass is 32.2. The van der Waals surface area contributed by atoms with Crippen LogP contribution in [0, 0.1) is 11.8 Å². The summed E-state index contributed by atoms with van der Waals surface area (Å²) < 4.78 is 18.5. The van der Waals surface area contributed by atoms with E-state index in [0.717, 1.165) is 56.3 Å². The smallest absolute Gasteiger partial charge is 0.305 e. The Morgan fingerprint density at radius 2 is 1.88 bits per heavy atom. The van der Waals surface area contributed by atoms with Crippen molar-refractivity contribution in [3.8, 4) is 0 Å². The summed E-state index contributed by atoms with van der Waals surface area (Å²) in [7, 11) is 0. The third-order valence-corrected chi connectivity index (χ3v) is 8.29. The Bertz CT molecular complexity index is 718. The zero-order valence-corrected chi connectivity index (χ0v) is 21.3. The molecule has 1 aromatic rings. The number of esters is 1. The Kier molecular flexibility index (Phi) is 13.5. The van der Waals surface area contributed by atoms with Crippen molar-refractivity contribution in [2.24, 2.45) is 11.8 Å². The fourth-order valence-electron chi connectivity index (χ4n) is 4.75. The van der Waals surface area contributed by atoms with Crippen LogP contribution in [0.4, 0.5) is 0 Å². The molecule has 1 aliphatic carbocycles. The molecular formula is C28H42O4S. The summed E-state index contributed by atoms with van der Waals surface area (Å²) in [5.74, 6) is 0.343. The van der Waals surface area contributed by atoms with E-state index in [0.29, 0.717) is 25.2 Å². The van der Waals surface area contributed by atoms with Crippen molar-refractivity contribution in [2.45, 2.75) is 101 Å². The quantitative estimate of drug-likeness (QED) is 0.114. The highest BCUT2D eigenvalue weighted by Gasteiger charge is 2.43. The maximum atomic E-state index is 13.5. The van der Waals surface area contributed by atoms with Gasteiger partial charge in [0.1, 0.15) is 11.0 Å². The standard InChI is InChI=1S/C28H42O4S/c1-3-5-6-7-14-19-27(33(31)23-16-11-10-12-17-23)25-21-22-26(29)24(25)18-13-8-9-15-20-28(30)32-4-2/h10-12,14,16-17,19,24-25,27H,3-9,13,15,18,20-22H2,1-2H3/b19-14+. The highest BCUT2D eigenvalue weighted by molar-refractivity contribution is 7.92. The summed E-state index contributed by atoms with van der Waals surface area (Å²) >= 11 is -1.16. The van der Waals surface area contributed by atoms with Crippen molar-refractivity contribution in [1.29, 1.82) is 0 Å².